The number of rotatable bonds is 13. The van der Waals surface area contributed by atoms with Crippen molar-refractivity contribution in [3.05, 3.63) is 107 Å². The first kappa shape index (κ1) is 27.9. The van der Waals surface area contributed by atoms with Gasteiger partial charge in [0, 0.05) is 0 Å². The maximum atomic E-state index is 2.41. The fourth-order valence-electron chi connectivity index (χ4n) is 5.56. The molecule has 0 saturated heterocycles. The molecule has 0 N–H and O–H groups in total. The van der Waals surface area contributed by atoms with E-state index >= 15 is 0 Å². The van der Waals surface area contributed by atoms with Gasteiger partial charge < -0.3 is 0 Å². The Kier molecular flexibility index (Phi) is 10.4. The molecule has 4 rings (SSSR count). The molecular formula is C38H46. The van der Waals surface area contributed by atoms with Crippen molar-refractivity contribution in [3.8, 4) is 33.4 Å². The van der Waals surface area contributed by atoms with Crippen LogP contribution in [0.2, 0.25) is 0 Å². The highest BCUT2D eigenvalue weighted by atomic mass is 14.1. The molecule has 0 saturated carbocycles. The Bertz CT molecular complexity index is 1170. The summed E-state index contributed by atoms with van der Waals surface area (Å²) in [4.78, 5) is 0. The van der Waals surface area contributed by atoms with E-state index in [1.54, 1.807) is 0 Å². The summed E-state index contributed by atoms with van der Waals surface area (Å²) in [6, 6.07) is 32.6. The number of aryl methyl sites for hydroxylation is 4. The molecule has 198 valence electrons. The largest absolute Gasteiger partial charge is 0.0654 e. The number of hydrogen-bond acceptors (Lipinski definition) is 0. The van der Waals surface area contributed by atoms with Gasteiger partial charge in [0.1, 0.15) is 0 Å². The Morgan fingerprint density at radius 1 is 0.395 bits per heavy atom. The summed E-state index contributed by atoms with van der Waals surface area (Å²) in [7, 11) is 0. The number of unbranched alkanes of at least 4 members (excludes halogenated alkanes) is 4. The summed E-state index contributed by atoms with van der Waals surface area (Å²) in [5.74, 6) is 0. The van der Waals surface area contributed by atoms with Crippen molar-refractivity contribution < 1.29 is 0 Å². The molecule has 0 bridgehead atoms. The van der Waals surface area contributed by atoms with E-state index in [0.717, 1.165) is 12.8 Å². The minimum absolute atomic E-state index is 1.03. The summed E-state index contributed by atoms with van der Waals surface area (Å²) in [6.07, 6.45) is 12.2. The monoisotopic (exact) mass is 502 g/mol. The van der Waals surface area contributed by atoms with Gasteiger partial charge in [-0.3, -0.25) is 0 Å². The minimum atomic E-state index is 1.03. The predicted octanol–water partition coefficient (Wildman–Crippen LogP) is 11.3. The Hall–Kier alpha value is -3.12. The van der Waals surface area contributed by atoms with Crippen molar-refractivity contribution in [2.24, 2.45) is 0 Å². The predicted molar refractivity (Wildman–Crippen MR) is 168 cm³/mol. The van der Waals surface area contributed by atoms with Crippen molar-refractivity contribution in [3.63, 3.8) is 0 Å². The lowest BCUT2D eigenvalue weighted by atomic mass is 9.90. The fourth-order valence-corrected chi connectivity index (χ4v) is 5.56. The number of benzene rings is 4. The van der Waals surface area contributed by atoms with E-state index in [0.29, 0.717) is 0 Å². The van der Waals surface area contributed by atoms with Crippen LogP contribution in [0.4, 0.5) is 0 Å². The van der Waals surface area contributed by atoms with E-state index in [-0.39, 0.29) is 0 Å². The molecule has 0 aromatic heterocycles. The standard InChI is InChI=1S/C38H46/c1-5-9-11-13-29-15-19-33(20-16-29)37-25-23-35(27-31(37)7-3)36-24-26-38(32(8-4)28-36)34-21-17-30(18-22-34)14-12-10-6-2/h15-28H,5-14H2,1-4H3. The van der Waals surface area contributed by atoms with Gasteiger partial charge in [0.15, 0.2) is 0 Å². The Labute approximate surface area is 232 Å². The highest BCUT2D eigenvalue weighted by Gasteiger charge is 2.10. The lowest BCUT2D eigenvalue weighted by molar-refractivity contribution is 0.717. The van der Waals surface area contributed by atoms with Gasteiger partial charge in [-0.15, -0.1) is 0 Å². The average Bonchev–Trinajstić information content (AvgIpc) is 2.97. The van der Waals surface area contributed by atoms with Gasteiger partial charge >= 0.3 is 0 Å². The zero-order chi connectivity index (χ0) is 26.7. The zero-order valence-corrected chi connectivity index (χ0v) is 24.2. The summed E-state index contributed by atoms with van der Waals surface area (Å²) in [6.45, 7) is 9.08. The van der Waals surface area contributed by atoms with E-state index in [1.807, 2.05) is 0 Å². The molecule has 0 spiro atoms. The summed E-state index contributed by atoms with van der Waals surface area (Å²) < 4.78 is 0. The molecule has 0 amide bonds. The lowest BCUT2D eigenvalue weighted by Gasteiger charge is -2.15. The topological polar surface area (TPSA) is 0 Å². The molecule has 0 aliphatic heterocycles. The molecule has 0 nitrogen and oxygen atoms in total. The maximum absolute atomic E-state index is 2.41. The van der Waals surface area contributed by atoms with Crippen molar-refractivity contribution in [1.29, 1.82) is 0 Å². The van der Waals surface area contributed by atoms with Crippen molar-refractivity contribution in [2.75, 3.05) is 0 Å². The summed E-state index contributed by atoms with van der Waals surface area (Å²) in [5, 5.41) is 0. The van der Waals surface area contributed by atoms with E-state index < -0.39 is 0 Å². The normalized spacial score (nSPS) is 11.2. The molecular weight excluding hydrogens is 456 g/mol. The molecule has 0 fully saturated rings. The van der Waals surface area contributed by atoms with Gasteiger partial charge in [0.2, 0.25) is 0 Å². The van der Waals surface area contributed by atoms with Crippen LogP contribution in [0, 0.1) is 0 Å². The second kappa shape index (κ2) is 14.1. The van der Waals surface area contributed by atoms with Gasteiger partial charge in [-0.2, -0.15) is 0 Å². The Morgan fingerprint density at radius 2 is 0.763 bits per heavy atom. The van der Waals surface area contributed by atoms with Gasteiger partial charge in [-0.05, 0) is 94.2 Å². The van der Waals surface area contributed by atoms with Crippen molar-refractivity contribution >= 4 is 0 Å². The van der Waals surface area contributed by atoms with Gasteiger partial charge in [-0.25, -0.2) is 0 Å². The lowest BCUT2D eigenvalue weighted by Crippen LogP contribution is -1.93. The molecule has 0 heterocycles. The van der Waals surface area contributed by atoms with Crippen molar-refractivity contribution in [2.45, 2.75) is 91.9 Å². The zero-order valence-electron chi connectivity index (χ0n) is 24.2. The third kappa shape index (κ3) is 7.04. The van der Waals surface area contributed by atoms with Gasteiger partial charge in [0.05, 0.1) is 0 Å². The highest BCUT2D eigenvalue weighted by molar-refractivity contribution is 5.77. The van der Waals surface area contributed by atoms with Crippen LogP contribution >= 0.6 is 0 Å². The van der Waals surface area contributed by atoms with Crippen LogP contribution in [0.15, 0.2) is 84.9 Å². The van der Waals surface area contributed by atoms with Gasteiger partial charge in [-0.1, -0.05) is 138 Å². The molecule has 0 heteroatoms. The van der Waals surface area contributed by atoms with Gasteiger partial charge in [0.25, 0.3) is 0 Å². The maximum Gasteiger partial charge on any atom is -0.0152 e. The Morgan fingerprint density at radius 3 is 1.11 bits per heavy atom. The Balaban J connectivity index is 1.55. The summed E-state index contributed by atoms with van der Waals surface area (Å²) >= 11 is 0. The number of hydrogen-bond donors (Lipinski definition) is 0. The highest BCUT2D eigenvalue weighted by Crippen LogP contribution is 2.33. The molecule has 38 heavy (non-hydrogen) atoms. The fraction of sp³-hybridized carbons (Fsp3) is 0.368. The minimum Gasteiger partial charge on any atom is -0.0654 e. The molecule has 4 aromatic carbocycles. The SMILES string of the molecule is CCCCCc1ccc(-c2ccc(-c3ccc(-c4ccc(CCCCC)cc4)c(CC)c3)cc2CC)cc1. The summed E-state index contributed by atoms with van der Waals surface area (Å²) in [5.41, 5.74) is 13.8. The van der Waals surface area contributed by atoms with Crippen LogP contribution in [0.3, 0.4) is 0 Å². The molecule has 0 unspecified atom stereocenters. The third-order valence-electron chi connectivity index (χ3n) is 7.97. The van der Waals surface area contributed by atoms with E-state index in [2.05, 4.69) is 113 Å². The first-order valence-electron chi connectivity index (χ1n) is 15.1. The van der Waals surface area contributed by atoms with E-state index in [4.69, 9.17) is 0 Å². The first-order valence-corrected chi connectivity index (χ1v) is 15.1. The molecule has 4 aromatic rings. The van der Waals surface area contributed by atoms with E-state index in [9.17, 15) is 0 Å². The first-order chi connectivity index (χ1) is 18.7. The van der Waals surface area contributed by atoms with E-state index in [1.165, 1.54) is 107 Å². The third-order valence-corrected chi connectivity index (χ3v) is 7.97. The van der Waals surface area contributed by atoms with Crippen LogP contribution in [0.1, 0.15) is 88.5 Å². The van der Waals surface area contributed by atoms with Crippen LogP contribution in [0.25, 0.3) is 33.4 Å². The van der Waals surface area contributed by atoms with Crippen LogP contribution in [-0.2, 0) is 25.7 Å². The second-order valence-corrected chi connectivity index (χ2v) is 10.8. The van der Waals surface area contributed by atoms with Crippen LogP contribution < -0.4 is 0 Å². The van der Waals surface area contributed by atoms with Crippen LogP contribution in [0.5, 0.6) is 0 Å². The molecule has 0 atom stereocenters. The smallest absolute Gasteiger partial charge is 0.0152 e. The molecule has 0 radical (unpaired) electrons. The van der Waals surface area contributed by atoms with Crippen molar-refractivity contribution in [1.82, 2.24) is 0 Å². The van der Waals surface area contributed by atoms with Crippen LogP contribution in [-0.4, -0.2) is 0 Å². The quantitative estimate of drug-likeness (QED) is 0.159. The molecule has 0 aliphatic rings. The average molecular weight is 503 g/mol. The second-order valence-electron chi connectivity index (χ2n) is 10.8. The molecule has 0 aliphatic carbocycles.